The van der Waals surface area contributed by atoms with E-state index in [9.17, 15) is 20.4 Å². The van der Waals surface area contributed by atoms with Gasteiger partial charge in [0, 0.05) is 11.1 Å². The van der Waals surface area contributed by atoms with Crippen molar-refractivity contribution in [2.75, 3.05) is 0 Å². The van der Waals surface area contributed by atoms with Gasteiger partial charge in [-0.25, -0.2) is 0 Å². The Morgan fingerprint density at radius 1 is 0.625 bits per heavy atom. The summed E-state index contributed by atoms with van der Waals surface area (Å²) in [6.07, 6.45) is 2.22. The molecule has 0 aliphatic rings. The van der Waals surface area contributed by atoms with E-state index in [1.165, 1.54) is 0 Å². The minimum absolute atomic E-state index is 0.206. The molecule has 0 saturated carbocycles. The summed E-state index contributed by atoms with van der Waals surface area (Å²) in [5, 5.41) is 38.9. The molecule has 1 aromatic carbocycles. The average Bonchev–Trinajstić information content (AvgIpc) is 2.28. The van der Waals surface area contributed by atoms with Crippen molar-refractivity contribution in [2.24, 2.45) is 0 Å². The van der Waals surface area contributed by atoms with Gasteiger partial charge in [-0.1, -0.05) is 26.7 Å². The number of hydrogen-bond acceptors (Lipinski definition) is 4. The van der Waals surface area contributed by atoms with E-state index in [1.54, 1.807) is 0 Å². The van der Waals surface area contributed by atoms with Crippen LogP contribution in [0.4, 0.5) is 0 Å². The van der Waals surface area contributed by atoms with Crippen molar-refractivity contribution in [1.29, 1.82) is 0 Å². The summed E-state index contributed by atoms with van der Waals surface area (Å²) >= 11 is 0. The van der Waals surface area contributed by atoms with E-state index < -0.39 is 0 Å². The molecule has 0 radical (unpaired) electrons. The molecule has 0 bridgehead atoms. The second-order valence-corrected chi connectivity index (χ2v) is 3.85. The first-order valence-corrected chi connectivity index (χ1v) is 5.52. The van der Waals surface area contributed by atoms with E-state index in [0.717, 1.165) is 0 Å². The fourth-order valence-corrected chi connectivity index (χ4v) is 1.77. The lowest BCUT2D eigenvalue weighted by molar-refractivity contribution is 0.358. The molecular weight excluding hydrogens is 208 g/mol. The lowest BCUT2D eigenvalue weighted by Crippen LogP contribution is -1.93. The third-order valence-corrected chi connectivity index (χ3v) is 2.59. The minimum Gasteiger partial charge on any atom is -0.504 e. The van der Waals surface area contributed by atoms with E-state index in [4.69, 9.17) is 0 Å². The highest BCUT2D eigenvalue weighted by Gasteiger charge is 2.21. The maximum absolute atomic E-state index is 9.72. The van der Waals surface area contributed by atoms with E-state index >= 15 is 0 Å². The van der Waals surface area contributed by atoms with Gasteiger partial charge in [0.05, 0.1) is 0 Å². The molecule has 0 amide bonds. The predicted octanol–water partition coefficient (Wildman–Crippen LogP) is 2.41. The Bertz CT molecular complexity index is 319. The van der Waals surface area contributed by atoms with Crippen LogP contribution in [0.5, 0.6) is 23.0 Å². The number of phenols is 4. The fourth-order valence-electron chi connectivity index (χ4n) is 1.77. The van der Waals surface area contributed by atoms with Gasteiger partial charge in [-0.15, -0.1) is 0 Å². The number of aromatic hydroxyl groups is 4. The van der Waals surface area contributed by atoms with Crippen LogP contribution < -0.4 is 0 Å². The van der Waals surface area contributed by atoms with Gasteiger partial charge >= 0.3 is 0 Å². The van der Waals surface area contributed by atoms with Crippen LogP contribution in [0.1, 0.15) is 37.8 Å². The van der Waals surface area contributed by atoms with Crippen LogP contribution >= 0.6 is 0 Å². The predicted molar refractivity (Wildman–Crippen MR) is 61.1 cm³/mol. The Morgan fingerprint density at radius 3 is 1.06 bits per heavy atom. The smallest absolute Gasteiger partial charge is 0.165 e. The first-order chi connectivity index (χ1) is 7.54. The van der Waals surface area contributed by atoms with E-state index in [-0.39, 0.29) is 34.1 Å². The Morgan fingerprint density at radius 2 is 0.875 bits per heavy atom. The standard InChI is InChI=1S/C12H18O4/c1-3-5-7-9(13)11(15)8(6-4-2)12(16)10(7)14/h13-16H,3-6H2,1-2H3. The summed E-state index contributed by atoms with van der Waals surface area (Å²) in [5.41, 5.74) is 0.412. The molecule has 4 heteroatoms. The van der Waals surface area contributed by atoms with Crippen molar-refractivity contribution in [3.8, 4) is 23.0 Å². The number of phenolic OH excluding ortho intramolecular Hbond substituents is 4. The van der Waals surface area contributed by atoms with Crippen LogP contribution in [0, 0.1) is 0 Å². The topological polar surface area (TPSA) is 80.9 Å². The first kappa shape index (κ1) is 12.5. The molecule has 0 spiro atoms. The quantitative estimate of drug-likeness (QED) is 0.469. The van der Waals surface area contributed by atoms with Crippen molar-refractivity contribution in [2.45, 2.75) is 39.5 Å². The summed E-state index contributed by atoms with van der Waals surface area (Å²) in [6, 6.07) is 0. The summed E-state index contributed by atoms with van der Waals surface area (Å²) in [4.78, 5) is 0. The molecule has 0 atom stereocenters. The normalized spacial score (nSPS) is 10.6. The van der Waals surface area contributed by atoms with Crippen molar-refractivity contribution in [3.63, 3.8) is 0 Å². The van der Waals surface area contributed by atoms with Crippen LogP contribution in [-0.2, 0) is 12.8 Å². The monoisotopic (exact) mass is 226 g/mol. The molecular formula is C12H18O4. The molecule has 90 valence electrons. The van der Waals surface area contributed by atoms with Crippen LogP contribution in [-0.4, -0.2) is 20.4 Å². The fraction of sp³-hybridized carbons (Fsp3) is 0.500. The van der Waals surface area contributed by atoms with Gasteiger partial charge in [0.25, 0.3) is 0 Å². The van der Waals surface area contributed by atoms with Crippen LogP contribution in [0.15, 0.2) is 0 Å². The molecule has 0 aliphatic carbocycles. The van der Waals surface area contributed by atoms with Gasteiger partial charge in [-0.2, -0.15) is 0 Å². The molecule has 16 heavy (non-hydrogen) atoms. The van der Waals surface area contributed by atoms with Crippen LogP contribution in [0.2, 0.25) is 0 Å². The Hall–Kier alpha value is -1.58. The summed E-state index contributed by atoms with van der Waals surface area (Å²) in [7, 11) is 0. The zero-order chi connectivity index (χ0) is 12.3. The lowest BCUT2D eigenvalue weighted by atomic mass is 9.99. The maximum atomic E-state index is 9.72. The van der Waals surface area contributed by atoms with Crippen LogP contribution in [0.3, 0.4) is 0 Å². The van der Waals surface area contributed by atoms with Gasteiger partial charge in [0.1, 0.15) is 0 Å². The molecule has 0 unspecified atom stereocenters. The summed E-state index contributed by atoms with van der Waals surface area (Å²) < 4.78 is 0. The third kappa shape index (κ3) is 2.01. The van der Waals surface area contributed by atoms with Gasteiger partial charge in [0.2, 0.25) is 0 Å². The van der Waals surface area contributed by atoms with Crippen molar-refractivity contribution in [3.05, 3.63) is 11.1 Å². The van der Waals surface area contributed by atoms with Gasteiger partial charge in [-0.3, -0.25) is 0 Å². The van der Waals surface area contributed by atoms with Gasteiger partial charge in [0.15, 0.2) is 23.0 Å². The van der Waals surface area contributed by atoms with Crippen molar-refractivity contribution >= 4 is 0 Å². The third-order valence-electron chi connectivity index (χ3n) is 2.59. The van der Waals surface area contributed by atoms with Crippen LogP contribution in [0.25, 0.3) is 0 Å². The highest BCUT2D eigenvalue weighted by atomic mass is 16.3. The number of rotatable bonds is 4. The number of hydrogen-bond donors (Lipinski definition) is 4. The van der Waals surface area contributed by atoms with E-state index in [2.05, 4.69) is 0 Å². The molecule has 0 aliphatic heterocycles. The zero-order valence-electron chi connectivity index (χ0n) is 9.62. The minimum atomic E-state index is -0.319. The summed E-state index contributed by atoms with van der Waals surface area (Å²) in [6.45, 7) is 3.76. The highest BCUT2D eigenvalue weighted by molar-refractivity contribution is 5.64. The average molecular weight is 226 g/mol. The Labute approximate surface area is 94.8 Å². The largest absolute Gasteiger partial charge is 0.504 e. The second-order valence-electron chi connectivity index (χ2n) is 3.85. The highest BCUT2D eigenvalue weighted by Crippen LogP contribution is 2.47. The molecule has 0 heterocycles. The van der Waals surface area contributed by atoms with Gasteiger partial charge < -0.3 is 20.4 Å². The van der Waals surface area contributed by atoms with Gasteiger partial charge in [-0.05, 0) is 12.8 Å². The molecule has 0 saturated heterocycles. The second kappa shape index (κ2) is 4.96. The SMILES string of the molecule is CCCc1c(O)c(O)c(CCC)c(O)c1O. The molecule has 1 rings (SSSR count). The first-order valence-electron chi connectivity index (χ1n) is 5.52. The van der Waals surface area contributed by atoms with Crippen molar-refractivity contribution in [1.82, 2.24) is 0 Å². The molecule has 1 aromatic rings. The molecule has 0 aromatic heterocycles. The van der Waals surface area contributed by atoms with Crippen molar-refractivity contribution < 1.29 is 20.4 Å². The zero-order valence-corrected chi connectivity index (χ0v) is 9.62. The van der Waals surface area contributed by atoms with E-state index in [0.29, 0.717) is 25.7 Å². The molecule has 4 nitrogen and oxygen atoms in total. The lowest BCUT2D eigenvalue weighted by Gasteiger charge is -2.14. The Kier molecular flexibility index (Phi) is 3.88. The molecule has 4 N–H and O–H groups in total. The maximum Gasteiger partial charge on any atom is 0.165 e. The summed E-state index contributed by atoms with van der Waals surface area (Å²) in [5.74, 6) is -1.28. The van der Waals surface area contributed by atoms with E-state index in [1.807, 2.05) is 13.8 Å². The molecule has 0 fully saturated rings. The Balaban J connectivity index is 3.37. The number of benzene rings is 1.